The van der Waals surface area contributed by atoms with Crippen molar-refractivity contribution in [2.45, 2.75) is 32.6 Å². The molecule has 0 radical (unpaired) electrons. The van der Waals surface area contributed by atoms with Crippen LogP contribution in [-0.2, 0) is 16.0 Å². The monoisotopic (exact) mass is 318 g/mol. The minimum absolute atomic E-state index is 0.0211. The molecule has 1 aliphatic heterocycles. The molecule has 0 saturated carbocycles. The van der Waals surface area contributed by atoms with Crippen molar-refractivity contribution < 1.29 is 14.3 Å². The predicted molar refractivity (Wildman–Crippen MR) is 89.3 cm³/mol. The molecule has 5 nitrogen and oxygen atoms in total. The first-order valence-electron chi connectivity index (χ1n) is 8.33. The van der Waals surface area contributed by atoms with Gasteiger partial charge >= 0.3 is 0 Å². The lowest BCUT2D eigenvalue weighted by molar-refractivity contribution is -0.129. The van der Waals surface area contributed by atoms with Crippen LogP contribution in [0.5, 0.6) is 5.75 Å². The molecule has 2 rings (SSSR count). The molecular weight excluding hydrogens is 292 g/mol. The van der Waals surface area contributed by atoms with Gasteiger partial charge in [-0.2, -0.15) is 0 Å². The lowest BCUT2D eigenvalue weighted by atomic mass is 10.1. The van der Waals surface area contributed by atoms with E-state index in [-0.39, 0.29) is 17.7 Å². The fourth-order valence-corrected chi connectivity index (χ4v) is 2.89. The van der Waals surface area contributed by atoms with E-state index in [2.05, 4.69) is 12.2 Å². The zero-order valence-corrected chi connectivity index (χ0v) is 14.0. The average Bonchev–Trinajstić information content (AvgIpc) is 2.94. The van der Waals surface area contributed by atoms with Crippen LogP contribution in [0.15, 0.2) is 24.3 Å². The summed E-state index contributed by atoms with van der Waals surface area (Å²) < 4.78 is 5.30. The molecule has 1 aliphatic rings. The molecule has 1 aromatic rings. The molecule has 0 bridgehead atoms. The van der Waals surface area contributed by atoms with Crippen LogP contribution in [0.1, 0.15) is 31.7 Å². The van der Waals surface area contributed by atoms with Gasteiger partial charge in [0.2, 0.25) is 11.8 Å². The Morgan fingerprint density at radius 2 is 2.17 bits per heavy atom. The molecule has 23 heavy (non-hydrogen) atoms. The van der Waals surface area contributed by atoms with Crippen LogP contribution in [0.25, 0.3) is 0 Å². The number of hydrogen-bond donors (Lipinski definition) is 1. The summed E-state index contributed by atoms with van der Waals surface area (Å²) in [5.41, 5.74) is 1.07. The minimum atomic E-state index is -0.211. The van der Waals surface area contributed by atoms with Crippen LogP contribution in [0, 0.1) is 5.92 Å². The zero-order chi connectivity index (χ0) is 16.7. The number of carbonyl (C=O) groups excluding carboxylic acids is 2. The number of rotatable bonds is 8. The van der Waals surface area contributed by atoms with E-state index in [1.807, 2.05) is 29.2 Å². The smallest absolute Gasteiger partial charge is 0.225 e. The van der Waals surface area contributed by atoms with Crippen molar-refractivity contribution in [3.05, 3.63) is 29.8 Å². The van der Waals surface area contributed by atoms with E-state index >= 15 is 0 Å². The average molecular weight is 318 g/mol. The summed E-state index contributed by atoms with van der Waals surface area (Å²) in [5, 5.41) is 2.95. The summed E-state index contributed by atoms with van der Waals surface area (Å²) in [5.74, 6) is 0.705. The number of likely N-dealkylation sites (tertiary alicyclic amines) is 1. The summed E-state index contributed by atoms with van der Waals surface area (Å²) in [6, 6.07) is 7.80. The van der Waals surface area contributed by atoms with Gasteiger partial charge in [0.25, 0.3) is 0 Å². The Labute approximate surface area is 138 Å². The van der Waals surface area contributed by atoms with E-state index in [4.69, 9.17) is 4.74 Å². The van der Waals surface area contributed by atoms with Gasteiger partial charge in [-0.3, -0.25) is 9.59 Å². The number of nitrogens with zero attached hydrogens (tertiary/aromatic N) is 1. The normalized spacial score (nSPS) is 17.4. The topological polar surface area (TPSA) is 58.6 Å². The number of hydrogen-bond acceptors (Lipinski definition) is 3. The number of ether oxygens (including phenoxy) is 1. The molecule has 1 N–H and O–H groups in total. The highest BCUT2D eigenvalue weighted by Crippen LogP contribution is 2.19. The van der Waals surface area contributed by atoms with Crippen molar-refractivity contribution in [3.8, 4) is 5.75 Å². The quantitative estimate of drug-likeness (QED) is 0.797. The highest BCUT2D eigenvalue weighted by molar-refractivity contribution is 5.89. The summed E-state index contributed by atoms with van der Waals surface area (Å²) in [4.78, 5) is 26.0. The number of unbranched alkanes of at least 4 members (excludes halogenated alkanes) is 1. The largest absolute Gasteiger partial charge is 0.496 e. The van der Waals surface area contributed by atoms with E-state index < -0.39 is 0 Å². The second-order valence-corrected chi connectivity index (χ2v) is 5.95. The number of benzene rings is 1. The van der Waals surface area contributed by atoms with Crippen LogP contribution in [-0.4, -0.2) is 43.5 Å². The van der Waals surface area contributed by atoms with E-state index in [0.717, 1.165) is 37.1 Å². The Morgan fingerprint density at radius 1 is 1.39 bits per heavy atom. The lowest BCUT2D eigenvalue weighted by Gasteiger charge is -2.16. The maximum absolute atomic E-state index is 12.2. The van der Waals surface area contributed by atoms with E-state index in [0.29, 0.717) is 19.5 Å². The Balaban J connectivity index is 1.78. The SMILES string of the molecule is CCCCN1CC(C(=O)NCCc2ccccc2OC)CC1=O. The Hall–Kier alpha value is -2.04. The highest BCUT2D eigenvalue weighted by atomic mass is 16.5. The van der Waals surface area contributed by atoms with Gasteiger partial charge in [-0.05, 0) is 24.5 Å². The Kier molecular flexibility index (Phi) is 6.44. The van der Waals surface area contributed by atoms with E-state index in [9.17, 15) is 9.59 Å². The lowest BCUT2D eigenvalue weighted by Crippen LogP contribution is -2.34. The molecule has 1 atom stereocenters. The molecule has 0 spiro atoms. The molecule has 1 heterocycles. The van der Waals surface area contributed by atoms with Gasteiger partial charge in [0, 0.05) is 26.1 Å². The Morgan fingerprint density at radius 3 is 2.91 bits per heavy atom. The third kappa shape index (κ3) is 4.71. The maximum Gasteiger partial charge on any atom is 0.225 e. The van der Waals surface area contributed by atoms with Crippen LogP contribution >= 0.6 is 0 Å². The first-order chi connectivity index (χ1) is 11.2. The van der Waals surface area contributed by atoms with Gasteiger partial charge in [0.05, 0.1) is 13.0 Å². The highest BCUT2D eigenvalue weighted by Gasteiger charge is 2.33. The molecule has 2 amide bonds. The van der Waals surface area contributed by atoms with Crippen molar-refractivity contribution in [3.63, 3.8) is 0 Å². The van der Waals surface area contributed by atoms with E-state index in [1.54, 1.807) is 7.11 Å². The number of carbonyl (C=O) groups is 2. The minimum Gasteiger partial charge on any atom is -0.496 e. The van der Waals surface area contributed by atoms with Gasteiger partial charge in [0.1, 0.15) is 5.75 Å². The van der Waals surface area contributed by atoms with Crippen LogP contribution in [0.3, 0.4) is 0 Å². The molecule has 1 unspecified atom stereocenters. The van der Waals surface area contributed by atoms with Crippen LogP contribution < -0.4 is 10.1 Å². The number of amides is 2. The summed E-state index contributed by atoms with van der Waals surface area (Å²) in [7, 11) is 1.65. The fourth-order valence-electron chi connectivity index (χ4n) is 2.89. The molecule has 1 saturated heterocycles. The molecule has 126 valence electrons. The predicted octanol–water partition coefficient (Wildman–Crippen LogP) is 2.00. The van der Waals surface area contributed by atoms with Gasteiger partial charge in [-0.15, -0.1) is 0 Å². The zero-order valence-electron chi connectivity index (χ0n) is 14.0. The van der Waals surface area contributed by atoms with Crippen LogP contribution in [0.2, 0.25) is 0 Å². The van der Waals surface area contributed by atoms with E-state index in [1.165, 1.54) is 0 Å². The van der Waals surface area contributed by atoms with Gasteiger partial charge in [0.15, 0.2) is 0 Å². The third-order valence-corrected chi connectivity index (χ3v) is 4.25. The third-order valence-electron chi connectivity index (χ3n) is 4.25. The van der Waals surface area contributed by atoms with Crippen molar-refractivity contribution in [2.75, 3.05) is 26.7 Å². The summed E-state index contributed by atoms with van der Waals surface area (Å²) in [6.45, 7) is 3.97. The van der Waals surface area contributed by atoms with Gasteiger partial charge in [-0.1, -0.05) is 31.5 Å². The maximum atomic E-state index is 12.2. The molecule has 1 fully saturated rings. The number of nitrogens with one attached hydrogen (secondary N) is 1. The summed E-state index contributed by atoms with van der Waals surface area (Å²) in [6.07, 6.45) is 3.10. The first kappa shape index (κ1) is 17.3. The Bertz CT molecular complexity index is 545. The molecular formula is C18H26N2O3. The number of methoxy groups -OCH3 is 1. The van der Waals surface area contributed by atoms with Crippen molar-refractivity contribution in [1.82, 2.24) is 10.2 Å². The molecule has 0 aliphatic carbocycles. The van der Waals surface area contributed by atoms with Gasteiger partial charge < -0.3 is 15.0 Å². The second-order valence-electron chi connectivity index (χ2n) is 5.95. The molecule has 0 aromatic heterocycles. The molecule has 1 aromatic carbocycles. The fraction of sp³-hybridized carbons (Fsp3) is 0.556. The van der Waals surface area contributed by atoms with Gasteiger partial charge in [-0.25, -0.2) is 0 Å². The summed E-state index contributed by atoms with van der Waals surface area (Å²) >= 11 is 0. The number of para-hydroxylation sites is 1. The molecule has 5 heteroatoms. The van der Waals surface area contributed by atoms with Crippen molar-refractivity contribution in [1.29, 1.82) is 0 Å². The standard InChI is InChI=1S/C18H26N2O3/c1-3-4-11-20-13-15(12-17(20)21)18(22)19-10-9-14-7-5-6-8-16(14)23-2/h5-8,15H,3-4,9-13H2,1-2H3,(H,19,22). The van der Waals surface area contributed by atoms with Crippen molar-refractivity contribution in [2.24, 2.45) is 5.92 Å². The first-order valence-corrected chi connectivity index (χ1v) is 8.33. The van der Waals surface area contributed by atoms with Crippen LogP contribution in [0.4, 0.5) is 0 Å². The second kappa shape index (κ2) is 8.56. The van der Waals surface area contributed by atoms with Crippen molar-refractivity contribution >= 4 is 11.8 Å².